The number of amides is 1. The molecule has 1 aromatic carbocycles. The van der Waals surface area contributed by atoms with E-state index >= 15 is 0 Å². The molecule has 186 valence electrons. The number of rotatable bonds is 6. The van der Waals surface area contributed by atoms with Crippen molar-refractivity contribution in [3.05, 3.63) is 83.2 Å². The first-order valence-electron chi connectivity index (χ1n) is 12.0. The molecule has 4 heterocycles. The van der Waals surface area contributed by atoms with Crippen molar-refractivity contribution in [1.29, 1.82) is 0 Å². The molecule has 2 aliphatic rings. The molecule has 3 aromatic rings. The molecule has 0 N–H and O–H groups in total. The second-order valence-electron chi connectivity index (χ2n) is 9.26. The molecule has 1 amide bonds. The molecule has 36 heavy (non-hydrogen) atoms. The average molecular weight is 522 g/mol. The molecular formula is C27H27N3O4S2. The molecule has 1 atom stereocenters. The maximum atomic E-state index is 14.0. The van der Waals surface area contributed by atoms with E-state index in [0.29, 0.717) is 32.7 Å². The molecule has 9 heteroatoms. The number of benzene rings is 1. The molecule has 2 aliphatic heterocycles. The monoisotopic (exact) mass is 521 g/mol. The summed E-state index contributed by atoms with van der Waals surface area (Å²) < 4.78 is 7.47. The predicted octanol–water partition coefficient (Wildman–Crippen LogP) is 3.62. The number of carbonyl (C=O) groups is 2. The topological polar surface area (TPSA) is 81.0 Å². The van der Waals surface area contributed by atoms with Gasteiger partial charge in [-0.2, -0.15) is 0 Å². The zero-order valence-corrected chi connectivity index (χ0v) is 22.2. The molecule has 0 fully saturated rings. The Balaban J connectivity index is 1.74. The normalized spacial score (nSPS) is 18.4. The summed E-state index contributed by atoms with van der Waals surface area (Å²) in [6.45, 7) is 8.58. The van der Waals surface area contributed by atoms with Gasteiger partial charge in [-0.15, -0.1) is 11.3 Å². The Morgan fingerprint density at radius 2 is 1.94 bits per heavy atom. The maximum Gasteiger partial charge on any atom is 0.338 e. The number of nitrogens with zero attached hydrogens (tertiary/aromatic N) is 3. The van der Waals surface area contributed by atoms with Gasteiger partial charge in [0.05, 0.1) is 29.1 Å². The second-order valence-corrected chi connectivity index (χ2v) is 11.2. The van der Waals surface area contributed by atoms with E-state index in [9.17, 15) is 14.4 Å². The van der Waals surface area contributed by atoms with Crippen molar-refractivity contribution in [2.75, 3.05) is 18.1 Å². The SMILES string of the molecule is CCCN1C(=O)C(=c2sc3n(c2=O)C(c2cccs2)C(C(=O)OCC(C)C)=C(C)N=3)c2ccccc21. The van der Waals surface area contributed by atoms with Crippen LogP contribution in [0.4, 0.5) is 5.69 Å². The summed E-state index contributed by atoms with van der Waals surface area (Å²) in [6.07, 6.45) is 0.800. The number of thiophene rings is 1. The van der Waals surface area contributed by atoms with Gasteiger partial charge in [0.1, 0.15) is 10.6 Å². The molecule has 2 aromatic heterocycles. The van der Waals surface area contributed by atoms with Crippen LogP contribution in [0, 0.1) is 5.92 Å². The highest BCUT2D eigenvalue weighted by Gasteiger charge is 2.37. The number of ether oxygens (including phenoxy) is 1. The summed E-state index contributed by atoms with van der Waals surface area (Å²) in [5, 5.41) is 1.92. The third kappa shape index (κ3) is 3.96. The Morgan fingerprint density at radius 1 is 1.17 bits per heavy atom. The van der Waals surface area contributed by atoms with Gasteiger partial charge in [-0.05, 0) is 36.8 Å². The lowest BCUT2D eigenvalue weighted by Crippen LogP contribution is -2.40. The van der Waals surface area contributed by atoms with Gasteiger partial charge < -0.3 is 9.64 Å². The van der Waals surface area contributed by atoms with Gasteiger partial charge in [0.15, 0.2) is 4.80 Å². The predicted molar refractivity (Wildman–Crippen MR) is 142 cm³/mol. The van der Waals surface area contributed by atoms with E-state index in [2.05, 4.69) is 4.99 Å². The van der Waals surface area contributed by atoms with Crippen molar-refractivity contribution < 1.29 is 14.3 Å². The highest BCUT2D eigenvalue weighted by molar-refractivity contribution is 7.10. The van der Waals surface area contributed by atoms with Crippen LogP contribution in [-0.4, -0.2) is 29.6 Å². The van der Waals surface area contributed by atoms with Crippen molar-refractivity contribution in [1.82, 2.24) is 4.57 Å². The largest absolute Gasteiger partial charge is 0.462 e. The van der Waals surface area contributed by atoms with Crippen LogP contribution >= 0.6 is 22.7 Å². The Morgan fingerprint density at radius 3 is 2.64 bits per heavy atom. The number of hydrogen-bond donors (Lipinski definition) is 0. The van der Waals surface area contributed by atoms with Gasteiger partial charge in [0.2, 0.25) is 0 Å². The molecule has 0 spiro atoms. The molecular weight excluding hydrogens is 494 g/mol. The number of esters is 1. The van der Waals surface area contributed by atoms with Crippen LogP contribution < -0.4 is 19.8 Å². The number of aromatic nitrogens is 1. The Kier molecular flexibility index (Phi) is 6.53. The van der Waals surface area contributed by atoms with E-state index in [1.54, 1.807) is 16.4 Å². The summed E-state index contributed by atoms with van der Waals surface area (Å²) in [4.78, 5) is 48.5. The number of hydrogen-bond acceptors (Lipinski definition) is 7. The molecule has 7 nitrogen and oxygen atoms in total. The van der Waals surface area contributed by atoms with Gasteiger partial charge >= 0.3 is 5.97 Å². The third-order valence-electron chi connectivity index (χ3n) is 6.18. The van der Waals surface area contributed by atoms with Crippen LogP contribution in [0.15, 0.2) is 62.8 Å². The van der Waals surface area contributed by atoms with E-state index in [-0.39, 0.29) is 24.0 Å². The lowest BCUT2D eigenvalue weighted by atomic mass is 10.0. The summed E-state index contributed by atoms with van der Waals surface area (Å²) in [5.41, 5.74) is 2.52. The van der Waals surface area contributed by atoms with Crippen molar-refractivity contribution in [2.45, 2.75) is 40.2 Å². The number of anilines is 1. The van der Waals surface area contributed by atoms with Gasteiger partial charge in [-0.3, -0.25) is 14.2 Å². The Bertz CT molecular complexity index is 1560. The number of carbonyl (C=O) groups excluding carboxylic acids is 2. The first-order chi connectivity index (χ1) is 17.3. The quantitative estimate of drug-likeness (QED) is 0.464. The van der Waals surface area contributed by atoms with E-state index in [0.717, 1.165) is 22.5 Å². The molecule has 0 radical (unpaired) electrons. The summed E-state index contributed by atoms with van der Waals surface area (Å²) in [5.74, 6) is -0.474. The molecule has 0 saturated heterocycles. The number of para-hydroxylation sites is 1. The van der Waals surface area contributed by atoms with Crippen molar-refractivity contribution in [3.8, 4) is 0 Å². The van der Waals surface area contributed by atoms with Gasteiger partial charge in [0, 0.05) is 17.0 Å². The minimum absolute atomic E-state index is 0.178. The molecule has 0 bridgehead atoms. The van der Waals surface area contributed by atoms with Gasteiger partial charge in [-0.25, -0.2) is 9.79 Å². The fraction of sp³-hybridized carbons (Fsp3) is 0.333. The van der Waals surface area contributed by atoms with Crippen molar-refractivity contribution in [3.63, 3.8) is 0 Å². The smallest absolute Gasteiger partial charge is 0.338 e. The van der Waals surface area contributed by atoms with Crippen LogP contribution in [0.25, 0.3) is 5.57 Å². The number of allylic oxidation sites excluding steroid dienone is 1. The fourth-order valence-corrected chi connectivity index (χ4v) is 6.57. The Labute approximate surface area is 216 Å². The minimum Gasteiger partial charge on any atom is -0.462 e. The number of fused-ring (bicyclic) bond motifs is 2. The maximum absolute atomic E-state index is 14.0. The zero-order chi connectivity index (χ0) is 25.6. The highest BCUT2D eigenvalue weighted by Crippen LogP contribution is 2.36. The van der Waals surface area contributed by atoms with E-state index < -0.39 is 12.0 Å². The third-order valence-corrected chi connectivity index (χ3v) is 8.15. The van der Waals surface area contributed by atoms with Crippen LogP contribution in [0.3, 0.4) is 0 Å². The fourth-order valence-electron chi connectivity index (χ4n) is 4.61. The molecule has 1 unspecified atom stereocenters. The Hall–Kier alpha value is -3.30. The van der Waals surface area contributed by atoms with E-state index in [4.69, 9.17) is 4.74 Å². The van der Waals surface area contributed by atoms with Crippen molar-refractivity contribution >= 4 is 45.8 Å². The van der Waals surface area contributed by atoms with Crippen LogP contribution in [-0.2, 0) is 14.3 Å². The van der Waals surface area contributed by atoms with Crippen molar-refractivity contribution in [2.24, 2.45) is 10.9 Å². The second kappa shape index (κ2) is 9.63. The van der Waals surface area contributed by atoms with Gasteiger partial charge in [-0.1, -0.05) is 56.4 Å². The highest BCUT2D eigenvalue weighted by atomic mass is 32.1. The first kappa shape index (κ1) is 24.4. The standard InChI is InChI=1S/C27H27N3O4S2/c1-5-12-29-18-10-7-6-9-17(18)21(24(29)31)23-25(32)30-22(19-11-8-13-35-19)20(16(4)28-27(30)36-23)26(33)34-14-15(2)3/h6-11,13,15,22H,5,12,14H2,1-4H3. The lowest BCUT2D eigenvalue weighted by Gasteiger charge is -2.23. The molecule has 0 aliphatic carbocycles. The van der Waals surface area contributed by atoms with E-state index in [1.807, 2.05) is 62.5 Å². The minimum atomic E-state index is -0.659. The summed E-state index contributed by atoms with van der Waals surface area (Å²) in [7, 11) is 0. The zero-order valence-electron chi connectivity index (χ0n) is 20.6. The molecule has 5 rings (SSSR count). The van der Waals surface area contributed by atoms with E-state index in [1.165, 1.54) is 22.7 Å². The first-order valence-corrected chi connectivity index (χ1v) is 13.7. The average Bonchev–Trinajstić information content (AvgIpc) is 3.55. The summed E-state index contributed by atoms with van der Waals surface area (Å²) >= 11 is 2.67. The van der Waals surface area contributed by atoms with Gasteiger partial charge in [0.25, 0.3) is 11.5 Å². The molecule has 0 saturated carbocycles. The van der Waals surface area contributed by atoms with Crippen LogP contribution in [0.1, 0.15) is 50.6 Å². The number of thiazole rings is 1. The van der Waals surface area contributed by atoms with Crippen LogP contribution in [0.5, 0.6) is 0 Å². The lowest BCUT2D eigenvalue weighted by molar-refractivity contribution is -0.140. The summed E-state index contributed by atoms with van der Waals surface area (Å²) in [6, 6.07) is 10.7. The van der Waals surface area contributed by atoms with Crippen LogP contribution in [0.2, 0.25) is 0 Å².